The lowest BCUT2D eigenvalue weighted by Crippen LogP contribution is -2.44. The standard InChI is InChI=1S/C13H20N2O3/c1-4-10-6-5-7-11(8-10)15-12(16)9(2)18-13(17)14-3/h1,9-11H,5-8H2,2-3H3,(H,14,17)(H,15,16)/t9-,10+,11-/m0/s1. The van der Waals surface area contributed by atoms with Gasteiger partial charge in [0.25, 0.3) is 5.91 Å². The van der Waals surface area contributed by atoms with Gasteiger partial charge in [-0.2, -0.15) is 0 Å². The van der Waals surface area contributed by atoms with Gasteiger partial charge in [0.2, 0.25) is 0 Å². The molecule has 0 aromatic carbocycles. The number of hydrogen-bond donors (Lipinski definition) is 2. The molecule has 1 rings (SSSR count). The molecule has 18 heavy (non-hydrogen) atoms. The molecule has 0 heterocycles. The fourth-order valence-electron chi connectivity index (χ4n) is 2.06. The van der Waals surface area contributed by atoms with Crippen LogP contribution in [0.2, 0.25) is 0 Å². The maximum atomic E-state index is 11.8. The molecule has 1 aliphatic rings. The zero-order valence-electron chi connectivity index (χ0n) is 10.9. The van der Waals surface area contributed by atoms with Gasteiger partial charge in [0.05, 0.1) is 0 Å². The van der Waals surface area contributed by atoms with E-state index < -0.39 is 12.2 Å². The first kappa shape index (κ1) is 14.4. The summed E-state index contributed by atoms with van der Waals surface area (Å²) in [6, 6.07) is 0.0861. The number of carbonyl (C=O) groups is 2. The summed E-state index contributed by atoms with van der Waals surface area (Å²) >= 11 is 0. The topological polar surface area (TPSA) is 67.4 Å². The van der Waals surface area contributed by atoms with Gasteiger partial charge in [-0.25, -0.2) is 4.79 Å². The fraction of sp³-hybridized carbons (Fsp3) is 0.692. The highest BCUT2D eigenvalue weighted by molar-refractivity contribution is 5.83. The Balaban J connectivity index is 2.39. The smallest absolute Gasteiger partial charge is 0.407 e. The van der Waals surface area contributed by atoms with Crippen molar-refractivity contribution in [3.8, 4) is 12.3 Å². The average molecular weight is 252 g/mol. The van der Waals surface area contributed by atoms with Crippen LogP contribution in [0.1, 0.15) is 32.6 Å². The second-order valence-electron chi connectivity index (χ2n) is 4.53. The van der Waals surface area contributed by atoms with Gasteiger partial charge in [-0.05, 0) is 26.2 Å². The third kappa shape index (κ3) is 4.28. The Hall–Kier alpha value is -1.70. The van der Waals surface area contributed by atoms with E-state index in [0.29, 0.717) is 0 Å². The number of rotatable bonds is 3. The molecule has 0 aliphatic heterocycles. The largest absolute Gasteiger partial charge is 0.436 e. The van der Waals surface area contributed by atoms with Gasteiger partial charge < -0.3 is 15.4 Å². The summed E-state index contributed by atoms with van der Waals surface area (Å²) in [6.07, 6.45) is 7.76. The van der Waals surface area contributed by atoms with Gasteiger partial charge in [0.1, 0.15) is 0 Å². The molecular weight excluding hydrogens is 232 g/mol. The van der Waals surface area contributed by atoms with Crippen molar-refractivity contribution in [2.45, 2.75) is 44.8 Å². The summed E-state index contributed by atoms with van der Waals surface area (Å²) in [5.74, 6) is 2.69. The number of amides is 2. The van der Waals surface area contributed by atoms with Crippen molar-refractivity contribution in [2.24, 2.45) is 5.92 Å². The molecule has 1 aliphatic carbocycles. The van der Waals surface area contributed by atoms with Crippen LogP contribution in [0, 0.1) is 18.3 Å². The number of nitrogens with one attached hydrogen (secondary N) is 2. The monoisotopic (exact) mass is 252 g/mol. The number of ether oxygens (including phenoxy) is 1. The summed E-state index contributed by atoms with van der Waals surface area (Å²) in [5, 5.41) is 5.18. The van der Waals surface area contributed by atoms with E-state index in [1.165, 1.54) is 7.05 Å². The summed E-state index contributed by atoms with van der Waals surface area (Å²) in [5.41, 5.74) is 0. The molecule has 1 saturated carbocycles. The molecule has 1 fully saturated rings. The van der Waals surface area contributed by atoms with Crippen molar-refractivity contribution in [3.05, 3.63) is 0 Å². The summed E-state index contributed by atoms with van der Waals surface area (Å²) < 4.78 is 4.85. The van der Waals surface area contributed by atoms with Gasteiger partial charge in [-0.15, -0.1) is 12.3 Å². The van der Waals surface area contributed by atoms with Gasteiger partial charge in [-0.3, -0.25) is 4.79 Å². The minimum Gasteiger partial charge on any atom is -0.436 e. The molecule has 0 bridgehead atoms. The molecule has 5 nitrogen and oxygen atoms in total. The van der Waals surface area contributed by atoms with E-state index in [9.17, 15) is 9.59 Å². The van der Waals surface area contributed by atoms with Crippen LogP contribution in [-0.2, 0) is 9.53 Å². The van der Waals surface area contributed by atoms with Crippen molar-refractivity contribution in [1.29, 1.82) is 0 Å². The highest BCUT2D eigenvalue weighted by atomic mass is 16.6. The Labute approximate surface area is 108 Å². The van der Waals surface area contributed by atoms with Crippen LogP contribution in [0.3, 0.4) is 0 Å². The second kappa shape index (κ2) is 6.90. The van der Waals surface area contributed by atoms with Crippen LogP contribution in [-0.4, -0.2) is 31.2 Å². The van der Waals surface area contributed by atoms with Gasteiger partial charge in [0, 0.05) is 19.0 Å². The predicted octanol–water partition coefficient (Wildman–Crippen LogP) is 1.04. The molecular formula is C13H20N2O3. The molecule has 5 heteroatoms. The highest BCUT2D eigenvalue weighted by Gasteiger charge is 2.25. The van der Waals surface area contributed by atoms with E-state index in [1.807, 2.05) is 0 Å². The van der Waals surface area contributed by atoms with Crippen molar-refractivity contribution >= 4 is 12.0 Å². The Morgan fingerprint density at radius 1 is 1.44 bits per heavy atom. The van der Waals surface area contributed by atoms with Crippen LogP contribution in [0.25, 0.3) is 0 Å². The first-order valence-corrected chi connectivity index (χ1v) is 6.21. The Bertz CT molecular complexity index is 349. The Morgan fingerprint density at radius 2 is 2.17 bits per heavy atom. The molecule has 0 aromatic rings. The third-order valence-electron chi connectivity index (χ3n) is 3.11. The van der Waals surface area contributed by atoms with E-state index in [-0.39, 0.29) is 17.9 Å². The molecule has 0 radical (unpaired) electrons. The zero-order valence-corrected chi connectivity index (χ0v) is 10.9. The number of carbonyl (C=O) groups excluding carboxylic acids is 2. The second-order valence-corrected chi connectivity index (χ2v) is 4.53. The van der Waals surface area contributed by atoms with E-state index in [2.05, 4.69) is 16.6 Å². The van der Waals surface area contributed by atoms with Crippen LogP contribution in [0.5, 0.6) is 0 Å². The number of alkyl carbamates (subject to hydrolysis) is 1. The maximum Gasteiger partial charge on any atom is 0.407 e. The lowest BCUT2D eigenvalue weighted by Gasteiger charge is -2.27. The van der Waals surface area contributed by atoms with Gasteiger partial charge in [0.15, 0.2) is 6.10 Å². The number of terminal acetylenes is 1. The molecule has 0 saturated heterocycles. The van der Waals surface area contributed by atoms with E-state index in [4.69, 9.17) is 11.2 Å². The average Bonchev–Trinajstić information content (AvgIpc) is 2.38. The van der Waals surface area contributed by atoms with Gasteiger partial charge >= 0.3 is 6.09 Å². The molecule has 3 atom stereocenters. The van der Waals surface area contributed by atoms with Crippen LogP contribution < -0.4 is 10.6 Å². The van der Waals surface area contributed by atoms with E-state index in [0.717, 1.165) is 25.7 Å². The maximum absolute atomic E-state index is 11.8. The Morgan fingerprint density at radius 3 is 2.78 bits per heavy atom. The first-order chi connectivity index (χ1) is 8.56. The summed E-state index contributed by atoms with van der Waals surface area (Å²) in [7, 11) is 1.45. The van der Waals surface area contributed by atoms with Crippen molar-refractivity contribution in [1.82, 2.24) is 10.6 Å². The molecule has 2 amide bonds. The molecule has 0 spiro atoms. The van der Waals surface area contributed by atoms with Crippen LogP contribution >= 0.6 is 0 Å². The summed E-state index contributed by atoms with van der Waals surface area (Å²) in [4.78, 5) is 22.8. The van der Waals surface area contributed by atoms with Crippen molar-refractivity contribution in [3.63, 3.8) is 0 Å². The SMILES string of the molecule is C#C[C@@H]1CCC[C@H](NC(=O)[C@H](C)OC(=O)NC)C1. The fourth-order valence-corrected chi connectivity index (χ4v) is 2.06. The number of hydrogen-bond acceptors (Lipinski definition) is 3. The van der Waals surface area contributed by atoms with Crippen LogP contribution in [0.15, 0.2) is 0 Å². The lowest BCUT2D eigenvalue weighted by atomic mass is 9.86. The van der Waals surface area contributed by atoms with Gasteiger partial charge in [-0.1, -0.05) is 6.42 Å². The highest BCUT2D eigenvalue weighted by Crippen LogP contribution is 2.23. The lowest BCUT2D eigenvalue weighted by molar-refractivity contribution is -0.129. The predicted molar refractivity (Wildman–Crippen MR) is 67.7 cm³/mol. The van der Waals surface area contributed by atoms with E-state index >= 15 is 0 Å². The molecule has 0 unspecified atom stereocenters. The van der Waals surface area contributed by atoms with Crippen molar-refractivity contribution < 1.29 is 14.3 Å². The minimum atomic E-state index is -0.795. The van der Waals surface area contributed by atoms with Crippen LogP contribution in [0.4, 0.5) is 4.79 Å². The molecule has 0 aromatic heterocycles. The Kier molecular flexibility index (Phi) is 5.50. The summed E-state index contributed by atoms with van der Waals surface area (Å²) in [6.45, 7) is 1.55. The van der Waals surface area contributed by atoms with Crippen molar-refractivity contribution in [2.75, 3.05) is 7.05 Å². The third-order valence-corrected chi connectivity index (χ3v) is 3.11. The quantitative estimate of drug-likeness (QED) is 0.737. The molecule has 2 N–H and O–H groups in total. The normalized spacial score (nSPS) is 24.5. The van der Waals surface area contributed by atoms with E-state index in [1.54, 1.807) is 6.92 Å². The minimum absolute atomic E-state index is 0.0861. The first-order valence-electron chi connectivity index (χ1n) is 6.21. The zero-order chi connectivity index (χ0) is 13.5. The molecule has 100 valence electrons.